The summed E-state index contributed by atoms with van der Waals surface area (Å²) in [6.07, 6.45) is 5.04. The fraction of sp³-hybridized carbons (Fsp3) is 0.308. The summed E-state index contributed by atoms with van der Waals surface area (Å²) in [5, 5.41) is 8.86. The third-order valence-electron chi connectivity index (χ3n) is 6.30. The number of carbonyl (C=O) groups excluding carboxylic acids is 1. The van der Waals surface area contributed by atoms with E-state index in [4.69, 9.17) is 0 Å². The van der Waals surface area contributed by atoms with Crippen molar-refractivity contribution in [1.82, 2.24) is 19.7 Å². The standard InChI is InChI=1S/C26H29N5O/c32-26(11-10-20-6-2-1-3-7-20)29-25-12-15-27-31(25)23-13-16-30(17-14-23)19-22-18-21-8-4-5-9-24(21)28-22/h1-9,12,15,18,23,28H,10-11,13-14,16-17,19H2,(H,29,32). The lowest BCUT2D eigenvalue weighted by atomic mass is 10.0. The highest BCUT2D eigenvalue weighted by Gasteiger charge is 2.23. The highest BCUT2D eigenvalue weighted by atomic mass is 16.1. The molecule has 2 N–H and O–H groups in total. The third kappa shape index (κ3) is 4.75. The Kier molecular flexibility index (Phi) is 6.03. The molecule has 0 radical (unpaired) electrons. The zero-order chi connectivity index (χ0) is 21.8. The molecule has 1 saturated heterocycles. The Morgan fingerprint density at radius 1 is 1.03 bits per heavy atom. The van der Waals surface area contributed by atoms with Crippen LogP contribution in [0, 0.1) is 0 Å². The van der Waals surface area contributed by atoms with Crippen LogP contribution in [0.15, 0.2) is 72.9 Å². The Bertz CT molecular complexity index is 1140. The van der Waals surface area contributed by atoms with Crippen LogP contribution in [-0.4, -0.2) is 38.7 Å². The van der Waals surface area contributed by atoms with E-state index in [0.29, 0.717) is 12.5 Å². The van der Waals surface area contributed by atoms with Crippen molar-refractivity contribution in [3.63, 3.8) is 0 Å². The monoisotopic (exact) mass is 427 g/mol. The molecule has 2 aromatic heterocycles. The molecule has 0 bridgehead atoms. The van der Waals surface area contributed by atoms with E-state index < -0.39 is 0 Å². The minimum atomic E-state index is 0.0341. The van der Waals surface area contributed by atoms with Crippen molar-refractivity contribution in [1.29, 1.82) is 0 Å². The number of aromatic nitrogens is 3. The topological polar surface area (TPSA) is 66.0 Å². The predicted octanol–water partition coefficient (Wildman–Crippen LogP) is 4.77. The van der Waals surface area contributed by atoms with E-state index in [9.17, 15) is 4.79 Å². The van der Waals surface area contributed by atoms with Gasteiger partial charge >= 0.3 is 0 Å². The van der Waals surface area contributed by atoms with Crippen molar-refractivity contribution in [2.45, 2.75) is 38.3 Å². The molecule has 6 nitrogen and oxygen atoms in total. The first kappa shape index (κ1) is 20.5. The van der Waals surface area contributed by atoms with Gasteiger partial charge in [-0.3, -0.25) is 9.69 Å². The van der Waals surface area contributed by atoms with Crippen LogP contribution in [0.4, 0.5) is 5.82 Å². The molecule has 0 aliphatic carbocycles. The van der Waals surface area contributed by atoms with Crippen LogP contribution in [0.2, 0.25) is 0 Å². The van der Waals surface area contributed by atoms with Gasteiger partial charge in [-0.2, -0.15) is 5.10 Å². The lowest BCUT2D eigenvalue weighted by Crippen LogP contribution is -2.35. The first-order chi connectivity index (χ1) is 15.7. The van der Waals surface area contributed by atoms with E-state index in [1.54, 1.807) is 6.20 Å². The van der Waals surface area contributed by atoms with Crippen molar-refractivity contribution in [2.75, 3.05) is 18.4 Å². The number of amides is 1. The number of aromatic amines is 1. The van der Waals surface area contributed by atoms with Crippen LogP contribution in [0.25, 0.3) is 10.9 Å². The quantitative estimate of drug-likeness (QED) is 0.446. The number of aryl methyl sites for hydroxylation is 1. The first-order valence-electron chi connectivity index (χ1n) is 11.4. The van der Waals surface area contributed by atoms with Crippen LogP contribution in [0.5, 0.6) is 0 Å². The summed E-state index contributed by atoms with van der Waals surface area (Å²) in [5.74, 6) is 0.837. The van der Waals surface area contributed by atoms with Crippen LogP contribution in [-0.2, 0) is 17.8 Å². The van der Waals surface area contributed by atoms with Crippen LogP contribution >= 0.6 is 0 Å². The molecule has 4 aromatic rings. The number of fused-ring (bicyclic) bond motifs is 1. The Labute approximate surface area is 188 Å². The average Bonchev–Trinajstić information content (AvgIpc) is 3.45. The number of likely N-dealkylation sites (tertiary alicyclic amines) is 1. The average molecular weight is 428 g/mol. The molecule has 1 aliphatic heterocycles. The number of hydrogen-bond acceptors (Lipinski definition) is 3. The van der Waals surface area contributed by atoms with E-state index in [1.165, 1.54) is 22.2 Å². The molecule has 32 heavy (non-hydrogen) atoms. The normalized spacial score (nSPS) is 15.2. The number of H-pyrrole nitrogens is 1. The second kappa shape index (κ2) is 9.40. The van der Waals surface area contributed by atoms with E-state index >= 15 is 0 Å². The summed E-state index contributed by atoms with van der Waals surface area (Å²) in [4.78, 5) is 18.5. The maximum Gasteiger partial charge on any atom is 0.225 e. The minimum absolute atomic E-state index is 0.0341. The van der Waals surface area contributed by atoms with Gasteiger partial charge in [-0.25, -0.2) is 4.68 Å². The van der Waals surface area contributed by atoms with Gasteiger partial charge in [0, 0.05) is 43.3 Å². The highest BCUT2D eigenvalue weighted by molar-refractivity contribution is 5.90. The van der Waals surface area contributed by atoms with Gasteiger partial charge in [0.1, 0.15) is 5.82 Å². The van der Waals surface area contributed by atoms with Gasteiger partial charge < -0.3 is 10.3 Å². The molecule has 3 heterocycles. The summed E-state index contributed by atoms with van der Waals surface area (Å²) < 4.78 is 2.00. The van der Waals surface area contributed by atoms with Crippen molar-refractivity contribution in [3.05, 3.63) is 84.2 Å². The number of nitrogens with zero attached hydrogens (tertiary/aromatic N) is 3. The maximum atomic E-state index is 12.5. The fourth-order valence-corrected chi connectivity index (χ4v) is 4.59. The number of anilines is 1. The molecular weight excluding hydrogens is 398 g/mol. The fourth-order valence-electron chi connectivity index (χ4n) is 4.59. The summed E-state index contributed by atoms with van der Waals surface area (Å²) in [5.41, 5.74) is 3.63. The SMILES string of the molecule is O=C(CCc1ccccc1)Nc1ccnn1C1CCN(Cc2cc3ccccc3[nH]2)CC1. The lowest BCUT2D eigenvalue weighted by Gasteiger charge is -2.32. The highest BCUT2D eigenvalue weighted by Crippen LogP contribution is 2.27. The number of benzene rings is 2. The number of hydrogen-bond donors (Lipinski definition) is 2. The molecule has 0 unspecified atom stereocenters. The largest absolute Gasteiger partial charge is 0.357 e. The van der Waals surface area contributed by atoms with Crippen LogP contribution in [0.1, 0.15) is 36.6 Å². The Morgan fingerprint density at radius 2 is 1.81 bits per heavy atom. The number of rotatable bonds is 7. The maximum absolute atomic E-state index is 12.5. The van der Waals surface area contributed by atoms with Crippen LogP contribution < -0.4 is 5.32 Å². The summed E-state index contributed by atoms with van der Waals surface area (Å²) >= 11 is 0. The molecule has 164 valence electrons. The zero-order valence-electron chi connectivity index (χ0n) is 18.2. The van der Waals surface area contributed by atoms with Gasteiger partial charge in [-0.15, -0.1) is 0 Å². The van der Waals surface area contributed by atoms with E-state index in [0.717, 1.165) is 44.7 Å². The van der Waals surface area contributed by atoms with Gasteiger partial charge in [0.25, 0.3) is 0 Å². The number of nitrogens with one attached hydrogen (secondary N) is 2. The lowest BCUT2D eigenvalue weighted by molar-refractivity contribution is -0.116. The minimum Gasteiger partial charge on any atom is -0.357 e. The zero-order valence-corrected chi connectivity index (χ0v) is 18.2. The molecule has 5 rings (SSSR count). The van der Waals surface area contributed by atoms with E-state index in [2.05, 4.69) is 62.8 Å². The van der Waals surface area contributed by atoms with Crippen molar-refractivity contribution < 1.29 is 4.79 Å². The third-order valence-corrected chi connectivity index (χ3v) is 6.30. The smallest absolute Gasteiger partial charge is 0.225 e. The van der Waals surface area contributed by atoms with Crippen molar-refractivity contribution in [2.24, 2.45) is 0 Å². The second-order valence-electron chi connectivity index (χ2n) is 8.58. The van der Waals surface area contributed by atoms with Gasteiger partial charge in [0.15, 0.2) is 0 Å². The second-order valence-corrected chi connectivity index (χ2v) is 8.58. The first-order valence-corrected chi connectivity index (χ1v) is 11.4. The summed E-state index contributed by atoms with van der Waals surface area (Å²) in [6.45, 7) is 2.96. The molecule has 1 aliphatic rings. The summed E-state index contributed by atoms with van der Waals surface area (Å²) in [6, 6.07) is 23.0. The van der Waals surface area contributed by atoms with E-state index in [1.807, 2.05) is 28.9 Å². The Morgan fingerprint density at radius 3 is 2.62 bits per heavy atom. The molecular formula is C26H29N5O. The molecule has 0 atom stereocenters. The predicted molar refractivity (Wildman–Crippen MR) is 127 cm³/mol. The Hall–Kier alpha value is -3.38. The summed E-state index contributed by atoms with van der Waals surface area (Å²) in [7, 11) is 0. The number of carbonyl (C=O) groups is 1. The van der Waals surface area contributed by atoms with Gasteiger partial charge in [-0.1, -0.05) is 48.5 Å². The molecule has 0 spiro atoms. The van der Waals surface area contributed by atoms with Gasteiger partial charge in [-0.05, 0) is 42.3 Å². The molecule has 0 saturated carbocycles. The van der Waals surface area contributed by atoms with Gasteiger partial charge in [0.2, 0.25) is 5.91 Å². The number of para-hydroxylation sites is 1. The van der Waals surface area contributed by atoms with Crippen molar-refractivity contribution in [3.8, 4) is 0 Å². The molecule has 1 fully saturated rings. The van der Waals surface area contributed by atoms with Crippen LogP contribution in [0.3, 0.4) is 0 Å². The van der Waals surface area contributed by atoms with Gasteiger partial charge in [0.05, 0.1) is 12.2 Å². The van der Waals surface area contributed by atoms with Crippen molar-refractivity contribution >= 4 is 22.6 Å². The van der Waals surface area contributed by atoms with E-state index in [-0.39, 0.29) is 5.91 Å². The molecule has 1 amide bonds. The molecule has 2 aromatic carbocycles. The number of piperidine rings is 1. The Balaban J connectivity index is 1.14. The molecule has 6 heteroatoms.